The van der Waals surface area contributed by atoms with Crippen LogP contribution in [0, 0.1) is 5.82 Å². The minimum atomic E-state index is -4.58. The first-order valence-corrected chi connectivity index (χ1v) is 12.9. The van der Waals surface area contributed by atoms with Crippen LogP contribution in [0.2, 0.25) is 0 Å². The number of methoxy groups -OCH3 is 1. The van der Waals surface area contributed by atoms with Gasteiger partial charge in [0.25, 0.3) is 0 Å². The highest BCUT2D eigenvalue weighted by atomic mass is 32.2. The molecule has 0 aliphatic carbocycles. The Hall–Kier alpha value is -3.58. The Bertz CT molecular complexity index is 1430. The van der Waals surface area contributed by atoms with Gasteiger partial charge in [0, 0.05) is 23.9 Å². The average Bonchev–Trinajstić information content (AvgIpc) is 3.30. The van der Waals surface area contributed by atoms with Crippen LogP contribution >= 0.6 is 0 Å². The van der Waals surface area contributed by atoms with Crippen molar-refractivity contribution in [2.24, 2.45) is 0 Å². The van der Waals surface area contributed by atoms with Crippen molar-refractivity contribution in [1.82, 2.24) is 19.6 Å². The fourth-order valence-corrected chi connectivity index (χ4v) is 6.15. The average molecular weight is 553 g/mol. The fraction of sp³-hybridized carbons (Fsp3) is 0.320. The molecule has 0 radical (unpaired) electrons. The van der Waals surface area contributed by atoms with E-state index in [1.54, 1.807) is 6.07 Å². The highest BCUT2D eigenvalue weighted by Gasteiger charge is 2.49. The Morgan fingerprint density at radius 3 is 2.45 bits per heavy atom. The predicted octanol–water partition coefficient (Wildman–Crippen LogP) is 4.17. The minimum absolute atomic E-state index is 0.0794. The molecule has 0 spiro atoms. The quantitative estimate of drug-likeness (QED) is 0.442. The van der Waals surface area contributed by atoms with E-state index in [0.29, 0.717) is 29.0 Å². The van der Waals surface area contributed by atoms with Gasteiger partial charge >= 0.3 is 6.18 Å². The molecule has 3 heterocycles. The van der Waals surface area contributed by atoms with Gasteiger partial charge in [-0.2, -0.15) is 17.5 Å². The van der Waals surface area contributed by atoms with Gasteiger partial charge in [-0.05, 0) is 56.2 Å². The van der Waals surface area contributed by atoms with Gasteiger partial charge in [-0.3, -0.25) is 14.8 Å². The molecule has 4 rings (SSSR count). The van der Waals surface area contributed by atoms with Crippen LogP contribution in [0.3, 0.4) is 0 Å². The van der Waals surface area contributed by atoms with Crippen LogP contribution in [0.25, 0.3) is 11.1 Å². The standard InChI is InChI=1S/C25H24F4N4O4S/c1-24(10-3-11-33(24)38(35,36)19-7-5-17(26)6-8-19)23(34)32-14-18-12-20(21(37-2)15-30-18)16-4-9-22(31-13-16)25(27,28)29/h4-9,12-13,15H,3,10-11,14H2,1-2H3,(H,32,34)/t24-/m0/s1. The number of rotatable bonds is 7. The third kappa shape index (κ3) is 5.34. The van der Waals surface area contributed by atoms with E-state index in [-0.39, 0.29) is 24.4 Å². The van der Waals surface area contributed by atoms with E-state index in [4.69, 9.17) is 4.74 Å². The largest absolute Gasteiger partial charge is 0.494 e. The van der Waals surface area contributed by atoms with Crippen molar-refractivity contribution in [3.05, 3.63) is 72.1 Å². The molecule has 1 saturated heterocycles. The predicted molar refractivity (Wildman–Crippen MR) is 129 cm³/mol. The van der Waals surface area contributed by atoms with Gasteiger partial charge in [0.05, 0.1) is 30.4 Å². The molecule has 0 bridgehead atoms. The van der Waals surface area contributed by atoms with Gasteiger partial charge in [0.2, 0.25) is 15.9 Å². The minimum Gasteiger partial charge on any atom is -0.494 e. The first-order valence-electron chi connectivity index (χ1n) is 11.5. The second-order valence-corrected chi connectivity index (χ2v) is 10.8. The molecule has 0 saturated carbocycles. The topological polar surface area (TPSA) is 101 Å². The molecular weight excluding hydrogens is 528 g/mol. The molecule has 38 heavy (non-hydrogen) atoms. The molecule has 1 aliphatic rings. The number of halogens is 4. The molecule has 2 aromatic heterocycles. The number of amides is 1. The summed E-state index contributed by atoms with van der Waals surface area (Å²) in [7, 11) is -2.68. The number of ether oxygens (including phenoxy) is 1. The van der Waals surface area contributed by atoms with Gasteiger partial charge in [-0.1, -0.05) is 6.07 Å². The van der Waals surface area contributed by atoms with Crippen LogP contribution in [-0.4, -0.2) is 47.8 Å². The Kier molecular flexibility index (Phi) is 7.44. The van der Waals surface area contributed by atoms with E-state index < -0.39 is 39.2 Å². The summed E-state index contributed by atoms with van der Waals surface area (Å²) in [5.74, 6) is -0.832. The summed E-state index contributed by atoms with van der Waals surface area (Å²) in [4.78, 5) is 20.8. The number of hydrogen-bond donors (Lipinski definition) is 1. The Labute approximate surface area is 216 Å². The number of alkyl halides is 3. The Morgan fingerprint density at radius 2 is 1.84 bits per heavy atom. The van der Waals surface area contributed by atoms with Gasteiger partial charge in [-0.15, -0.1) is 0 Å². The van der Waals surface area contributed by atoms with Gasteiger partial charge < -0.3 is 10.1 Å². The number of pyridine rings is 2. The smallest absolute Gasteiger partial charge is 0.433 e. The summed E-state index contributed by atoms with van der Waals surface area (Å²) < 4.78 is 84.8. The van der Waals surface area contributed by atoms with E-state index in [2.05, 4.69) is 15.3 Å². The second kappa shape index (κ2) is 10.3. The summed E-state index contributed by atoms with van der Waals surface area (Å²) in [5, 5.41) is 2.72. The summed E-state index contributed by atoms with van der Waals surface area (Å²) in [6.07, 6.45) is -1.41. The molecule has 8 nitrogen and oxygen atoms in total. The molecule has 1 aromatic carbocycles. The lowest BCUT2D eigenvalue weighted by Gasteiger charge is -2.33. The zero-order valence-electron chi connectivity index (χ0n) is 20.4. The van der Waals surface area contributed by atoms with Crippen molar-refractivity contribution < 1.29 is 35.5 Å². The van der Waals surface area contributed by atoms with E-state index in [1.165, 1.54) is 26.3 Å². The number of benzene rings is 1. The maximum absolute atomic E-state index is 13.3. The molecule has 1 aliphatic heterocycles. The van der Waals surface area contributed by atoms with Crippen molar-refractivity contribution in [1.29, 1.82) is 0 Å². The molecule has 1 atom stereocenters. The molecule has 0 unspecified atom stereocenters. The number of carbonyl (C=O) groups excluding carboxylic acids is 1. The summed E-state index contributed by atoms with van der Waals surface area (Å²) in [6.45, 7) is 1.57. The van der Waals surface area contributed by atoms with Crippen LogP contribution in [-0.2, 0) is 27.5 Å². The number of sulfonamides is 1. The van der Waals surface area contributed by atoms with Gasteiger partial charge in [-0.25, -0.2) is 12.8 Å². The number of carbonyl (C=O) groups is 1. The highest BCUT2D eigenvalue weighted by molar-refractivity contribution is 7.89. The van der Waals surface area contributed by atoms with Gasteiger partial charge in [0.15, 0.2) is 0 Å². The summed E-state index contributed by atoms with van der Waals surface area (Å²) in [6, 6.07) is 8.05. The van der Waals surface area contributed by atoms with Crippen LogP contribution in [0.1, 0.15) is 31.2 Å². The maximum Gasteiger partial charge on any atom is 0.433 e. The zero-order chi connectivity index (χ0) is 27.7. The van der Waals surface area contributed by atoms with Crippen molar-refractivity contribution in [3.8, 4) is 16.9 Å². The first-order chi connectivity index (χ1) is 17.9. The van der Waals surface area contributed by atoms with Crippen molar-refractivity contribution in [2.45, 2.75) is 42.9 Å². The van der Waals surface area contributed by atoms with E-state index >= 15 is 0 Å². The normalized spacial score (nSPS) is 18.4. The zero-order valence-corrected chi connectivity index (χ0v) is 21.2. The molecule has 3 aromatic rings. The van der Waals surface area contributed by atoms with E-state index in [1.807, 2.05) is 0 Å². The lowest BCUT2D eigenvalue weighted by molar-refractivity contribution is -0.141. The number of nitrogens with one attached hydrogen (secondary N) is 1. The number of aromatic nitrogens is 2. The Morgan fingerprint density at radius 1 is 1.13 bits per heavy atom. The molecule has 1 amide bonds. The Balaban J connectivity index is 1.54. The molecule has 1 N–H and O–H groups in total. The number of hydrogen-bond acceptors (Lipinski definition) is 6. The SMILES string of the molecule is COc1cnc(CNC(=O)[C@]2(C)CCCN2S(=O)(=O)c2ccc(F)cc2)cc1-c1ccc(C(F)(F)F)nc1. The lowest BCUT2D eigenvalue weighted by Crippen LogP contribution is -2.55. The third-order valence-corrected chi connectivity index (χ3v) is 8.44. The fourth-order valence-electron chi connectivity index (χ4n) is 4.34. The highest BCUT2D eigenvalue weighted by Crippen LogP contribution is 2.35. The van der Waals surface area contributed by atoms with Gasteiger partial charge in [0.1, 0.15) is 22.8 Å². The van der Waals surface area contributed by atoms with Crippen LogP contribution < -0.4 is 10.1 Å². The van der Waals surface area contributed by atoms with Crippen molar-refractivity contribution in [2.75, 3.05) is 13.7 Å². The monoisotopic (exact) mass is 552 g/mol. The van der Waals surface area contributed by atoms with Crippen LogP contribution in [0.15, 0.2) is 59.8 Å². The first kappa shape index (κ1) is 27.5. The van der Waals surface area contributed by atoms with E-state index in [0.717, 1.165) is 40.8 Å². The van der Waals surface area contributed by atoms with Crippen LogP contribution in [0.5, 0.6) is 5.75 Å². The van der Waals surface area contributed by atoms with Crippen LogP contribution in [0.4, 0.5) is 17.6 Å². The molecule has 202 valence electrons. The lowest BCUT2D eigenvalue weighted by atomic mass is 9.99. The van der Waals surface area contributed by atoms with E-state index in [9.17, 15) is 30.8 Å². The summed E-state index contributed by atoms with van der Waals surface area (Å²) >= 11 is 0. The summed E-state index contributed by atoms with van der Waals surface area (Å²) in [5.41, 5.74) is -1.29. The second-order valence-electron chi connectivity index (χ2n) is 8.90. The molecule has 13 heteroatoms. The van der Waals surface area contributed by atoms with Crippen molar-refractivity contribution >= 4 is 15.9 Å². The third-order valence-electron chi connectivity index (χ3n) is 6.40. The molecule has 1 fully saturated rings. The number of nitrogens with zero attached hydrogens (tertiary/aromatic N) is 3. The van der Waals surface area contributed by atoms with Crippen molar-refractivity contribution in [3.63, 3.8) is 0 Å². The molecular formula is C25H24F4N4O4S. The maximum atomic E-state index is 13.3.